The van der Waals surface area contributed by atoms with Crippen LogP contribution < -0.4 is 5.32 Å². The van der Waals surface area contributed by atoms with Crippen molar-refractivity contribution in [1.29, 1.82) is 0 Å². The maximum absolute atomic E-state index is 13.1. The number of nitro benzene ring substituents is 1. The third kappa shape index (κ3) is 3.54. The molecule has 0 bridgehead atoms. The summed E-state index contributed by atoms with van der Waals surface area (Å²) in [6.07, 6.45) is 5.35. The molecule has 0 heterocycles. The summed E-state index contributed by atoms with van der Waals surface area (Å²) in [6.45, 7) is 4.05. The number of hydrogen-bond acceptors (Lipinski definition) is 3. The van der Waals surface area contributed by atoms with Crippen molar-refractivity contribution in [3.05, 3.63) is 39.7 Å². The summed E-state index contributed by atoms with van der Waals surface area (Å²) in [6, 6.07) is 3.18. The number of halogens is 1. The van der Waals surface area contributed by atoms with E-state index < -0.39 is 10.7 Å². The summed E-state index contributed by atoms with van der Waals surface area (Å²) in [5.41, 5.74) is 0.185. The third-order valence-corrected chi connectivity index (χ3v) is 2.60. The first-order valence-corrected chi connectivity index (χ1v) is 5.58. The monoisotopic (exact) mass is 250 g/mol. The summed E-state index contributed by atoms with van der Waals surface area (Å²) in [5, 5.41) is 13.8. The minimum Gasteiger partial charge on any atom is -0.299 e. The summed E-state index contributed by atoms with van der Waals surface area (Å²) in [5.74, 6) is 2.26. The molecule has 0 aromatic heterocycles. The highest BCUT2D eigenvalue weighted by atomic mass is 19.1. The lowest BCUT2D eigenvalue weighted by molar-refractivity contribution is -0.385. The third-order valence-electron chi connectivity index (χ3n) is 2.60. The second-order valence-electron chi connectivity index (χ2n) is 4.30. The molecule has 0 fully saturated rings. The highest BCUT2D eigenvalue weighted by molar-refractivity contribution is 5.40. The molecule has 18 heavy (non-hydrogen) atoms. The topological polar surface area (TPSA) is 55.2 Å². The van der Waals surface area contributed by atoms with Gasteiger partial charge in [0.15, 0.2) is 0 Å². The lowest BCUT2D eigenvalue weighted by Gasteiger charge is -2.16. The molecule has 1 unspecified atom stereocenters. The van der Waals surface area contributed by atoms with Crippen molar-refractivity contribution in [3.8, 4) is 12.3 Å². The molecule has 0 aliphatic carbocycles. The molecule has 1 rings (SSSR count). The van der Waals surface area contributed by atoms with Gasteiger partial charge in [-0.2, -0.15) is 0 Å². The van der Waals surface area contributed by atoms with Crippen molar-refractivity contribution in [2.75, 3.05) is 0 Å². The van der Waals surface area contributed by atoms with Crippen molar-refractivity contribution in [2.45, 2.75) is 26.4 Å². The molecule has 0 aliphatic rings. The smallest absolute Gasteiger partial charge is 0.274 e. The zero-order valence-electron chi connectivity index (χ0n) is 10.3. The molecule has 0 amide bonds. The Balaban J connectivity index is 2.87. The van der Waals surface area contributed by atoms with E-state index in [2.05, 4.69) is 11.2 Å². The Morgan fingerprint density at radius 1 is 1.56 bits per heavy atom. The summed E-state index contributed by atoms with van der Waals surface area (Å²) < 4.78 is 13.1. The van der Waals surface area contributed by atoms with Crippen LogP contribution in [0.2, 0.25) is 0 Å². The van der Waals surface area contributed by atoms with E-state index in [0.717, 1.165) is 18.2 Å². The first kappa shape index (κ1) is 14.1. The van der Waals surface area contributed by atoms with Gasteiger partial charge in [0.1, 0.15) is 5.82 Å². The van der Waals surface area contributed by atoms with Crippen molar-refractivity contribution in [2.24, 2.45) is 5.92 Å². The molecule has 1 aromatic rings. The standard InChI is InChI=1S/C13H15FN2O2/c1-4-12(9(2)3)15-8-10-7-11(14)5-6-13(10)16(17)18/h1,5-7,9,12,15H,8H2,2-3H3. The van der Waals surface area contributed by atoms with Crippen LogP contribution in [0.3, 0.4) is 0 Å². The van der Waals surface area contributed by atoms with Gasteiger partial charge in [-0.3, -0.25) is 15.4 Å². The highest BCUT2D eigenvalue weighted by Gasteiger charge is 2.16. The lowest BCUT2D eigenvalue weighted by atomic mass is 10.0. The largest absolute Gasteiger partial charge is 0.299 e. The van der Waals surface area contributed by atoms with Gasteiger partial charge in [0.05, 0.1) is 11.0 Å². The summed E-state index contributed by atoms with van der Waals surface area (Å²) in [4.78, 5) is 10.3. The molecular weight excluding hydrogens is 235 g/mol. The van der Waals surface area contributed by atoms with Crippen LogP contribution in [-0.4, -0.2) is 11.0 Å². The van der Waals surface area contributed by atoms with Crippen molar-refractivity contribution >= 4 is 5.69 Å². The number of hydrogen-bond donors (Lipinski definition) is 1. The van der Waals surface area contributed by atoms with Gasteiger partial charge in [-0.25, -0.2) is 4.39 Å². The molecule has 0 saturated carbocycles. The lowest BCUT2D eigenvalue weighted by Crippen LogP contribution is -2.32. The van der Waals surface area contributed by atoms with Crippen molar-refractivity contribution in [3.63, 3.8) is 0 Å². The van der Waals surface area contributed by atoms with E-state index in [0.29, 0.717) is 5.56 Å². The van der Waals surface area contributed by atoms with Crippen LogP contribution in [0.1, 0.15) is 19.4 Å². The Labute approximate surface area is 105 Å². The molecule has 4 nitrogen and oxygen atoms in total. The van der Waals surface area contributed by atoms with E-state index in [1.165, 1.54) is 0 Å². The van der Waals surface area contributed by atoms with Gasteiger partial charge >= 0.3 is 0 Å². The Hall–Kier alpha value is -1.93. The van der Waals surface area contributed by atoms with Gasteiger partial charge in [-0.05, 0) is 18.1 Å². The van der Waals surface area contributed by atoms with E-state index in [4.69, 9.17) is 6.42 Å². The normalized spacial score (nSPS) is 12.2. The molecule has 0 saturated heterocycles. The zero-order chi connectivity index (χ0) is 13.7. The second kappa shape index (κ2) is 6.12. The fourth-order valence-corrected chi connectivity index (χ4v) is 1.58. The average Bonchev–Trinajstić information content (AvgIpc) is 2.29. The van der Waals surface area contributed by atoms with Crippen LogP contribution in [0, 0.1) is 34.2 Å². The molecule has 5 heteroatoms. The minimum absolute atomic E-state index is 0.108. The van der Waals surface area contributed by atoms with Gasteiger partial charge in [-0.1, -0.05) is 19.8 Å². The minimum atomic E-state index is -0.531. The Bertz CT molecular complexity index is 480. The molecule has 0 radical (unpaired) electrons. The van der Waals surface area contributed by atoms with Gasteiger partial charge < -0.3 is 0 Å². The quantitative estimate of drug-likeness (QED) is 0.496. The predicted octanol–water partition coefficient (Wildman–Crippen LogP) is 2.48. The van der Waals surface area contributed by atoms with E-state index in [1.807, 2.05) is 13.8 Å². The Morgan fingerprint density at radius 3 is 2.72 bits per heavy atom. The molecule has 96 valence electrons. The summed E-state index contributed by atoms with van der Waals surface area (Å²) in [7, 11) is 0. The fraction of sp³-hybridized carbons (Fsp3) is 0.385. The van der Waals surface area contributed by atoms with Crippen LogP contribution >= 0.6 is 0 Å². The average molecular weight is 250 g/mol. The molecule has 1 atom stereocenters. The molecule has 1 N–H and O–H groups in total. The van der Waals surface area contributed by atoms with Crippen molar-refractivity contribution < 1.29 is 9.31 Å². The van der Waals surface area contributed by atoms with Crippen LogP contribution in [0.5, 0.6) is 0 Å². The zero-order valence-corrected chi connectivity index (χ0v) is 10.3. The van der Waals surface area contributed by atoms with Gasteiger partial charge in [0, 0.05) is 18.2 Å². The second-order valence-corrected chi connectivity index (χ2v) is 4.30. The molecule has 0 aliphatic heterocycles. The molecule has 0 spiro atoms. The number of nitro groups is 1. The molecular formula is C13H15FN2O2. The number of terminal acetylenes is 1. The Kier molecular flexibility index (Phi) is 4.81. The van der Waals surface area contributed by atoms with E-state index >= 15 is 0 Å². The highest BCUT2D eigenvalue weighted by Crippen LogP contribution is 2.19. The first-order chi connectivity index (χ1) is 8.45. The van der Waals surface area contributed by atoms with Gasteiger partial charge in [0.25, 0.3) is 5.69 Å². The molecule has 1 aromatic carbocycles. The number of rotatable bonds is 5. The number of benzene rings is 1. The maximum atomic E-state index is 13.1. The predicted molar refractivity (Wildman–Crippen MR) is 67.4 cm³/mol. The van der Waals surface area contributed by atoms with E-state index in [9.17, 15) is 14.5 Å². The van der Waals surface area contributed by atoms with Crippen LogP contribution in [0.25, 0.3) is 0 Å². The number of nitrogens with one attached hydrogen (secondary N) is 1. The number of nitrogens with zero attached hydrogens (tertiary/aromatic N) is 1. The van der Waals surface area contributed by atoms with Gasteiger partial charge in [0.2, 0.25) is 0 Å². The van der Waals surface area contributed by atoms with Crippen LogP contribution in [-0.2, 0) is 6.54 Å². The van der Waals surface area contributed by atoms with Crippen molar-refractivity contribution in [1.82, 2.24) is 5.32 Å². The first-order valence-electron chi connectivity index (χ1n) is 5.58. The fourth-order valence-electron chi connectivity index (χ4n) is 1.58. The van der Waals surface area contributed by atoms with E-state index in [-0.39, 0.29) is 24.2 Å². The van der Waals surface area contributed by atoms with E-state index in [1.54, 1.807) is 0 Å². The van der Waals surface area contributed by atoms with Gasteiger partial charge in [-0.15, -0.1) is 6.42 Å². The van der Waals surface area contributed by atoms with Crippen LogP contribution in [0.4, 0.5) is 10.1 Å². The summed E-state index contributed by atoms with van der Waals surface area (Å²) >= 11 is 0. The Morgan fingerprint density at radius 2 is 2.22 bits per heavy atom. The maximum Gasteiger partial charge on any atom is 0.274 e. The van der Waals surface area contributed by atoms with Crippen LogP contribution in [0.15, 0.2) is 18.2 Å². The SMILES string of the molecule is C#CC(NCc1cc(F)ccc1[N+](=O)[O-])C(C)C.